The molecule has 0 amide bonds. The molecule has 2 N–H and O–H groups in total. The lowest BCUT2D eigenvalue weighted by molar-refractivity contribution is 0.321. The molecule has 3 aromatic rings. The molecule has 0 saturated carbocycles. The van der Waals surface area contributed by atoms with E-state index < -0.39 is 0 Å². The molecule has 0 unspecified atom stereocenters. The zero-order valence-electron chi connectivity index (χ0n) is 16.6. The van der Waals surface area contributed by atoms with Gasteiger partial charge in [0, 0.05) is 13.6 Å². The van der Waals surface area contributed by atoms with E-state index in [0.717, 1.165) is 40.9 Å². The second kappa shape index (κ2) is 9.64. The summed E-state index contributed by atoms with van der Waals surface area (Å²) in [7, 11) is 3.66. The highest BCUT2D eigenvalue weighted by Gasteiger charge is 2.07. The molecule has 0 bridgehead atoms. The minimum atomic E-state index is 0.500. The number of imidazole rings is 1. The van der Waals surface area contributed by atoms with Gasteiger partial charge in [-0.1, -0.05) is 12.1 Å². The molecule has 0 aliphatic heterocycles. The van der Waals surface area contributed by atoms with Gasteiger partial charge in [0.15, 0.2) is 5.96 Å². The lowest BCUT2D eigenvalue weighted by Gasteiger charge is -2.12. The first-order valence-corrected chi connectivity index (χ1v) is 9.40. The number of aryl methyl sites for hydroxylation is 1. The molecule has 2 aromatic carbocycles. The first-order chi connectivity index (χ1) is 13.7. The predicted octanol–water partition coefficient (Wildman–Crippen LogP) is 2.72. The highest BCUT2D eigenvalue weighted by Crippen LogP contribution is 2.17. The quantitative estimate of drug-likeness (QED) is 0.357. The first-order valence-electron chi connectivity index (χ1n) is 9.40. The van der Waals surface area contributed by atoms with Crippen molar-refractivity contribution in [3.8, 4) is 11.5 Å². The highest BCUT2D eigenvalue weighted by molar-refractivity contribution is 5.80. The second-order valence-corrected chi connectivity index (χ2v) is 6.22. The standard InChI is InChI=1S/C21H27N5O2/c1-4-22-21(23-13-14-28-17-11-9-16(27-3)10-12-17)24-15-20-25-18-7-5-6-8-19(18)26(20)2/h5-12H,4,13-15H2,1-3H3,(H2,22,23,24). The third kappa shape index (κ3) is 4.94. The molecule has 7 heteroatoms. The Bertz CT molecular complexity index is 918. The van der Waals surface area contributed by atoms with Crippen LogP contribution in [0, 0.1) is 0 Å². The van der Waals surface area contributed by atoms with Gasteiger partial charge in [0.25, 0.3) is 0 Å². The number of nitrogens with one attached hydrogen (secondary N) is 2. The number of aliphatic imine (C=N–C) groups is 1. The van der Waals surface area contributed by atoms with Gasteiger partial charge in [-0.2, -0.15) is 0 Å². The Kier molecular flexibility index (Phi) is 6.73. The van der Waals surface area contributed by atoms with Crippen molar-refractivity contribution in [1.29, 1.82) is 0 Å². The van der Waals surface area contributed by atoms with E-state index in [-0.39, 0.29) is 0 Å². The summed E-state index contributed by atoms with van der Waals surface area (Å²) in [6.45, 7) is 4.50. The van der Waals surface area contributed by atoms with Crippen LogP contribution in [0.4, 0.5) is 0 Å². The molecular formula is C21H27N5O2. The molecule has 0 atom stereocenters. The van der Waals surface area contributed by atoms with E-state index in [1.54, 1.807) is 7.11 Å². The Morgan fingerprint density at radius 1 is 1.07 bits per heavy atom. The van der Waals surface area contributed by atoms with Crippen molar-refractivity contribution < 1.29 is 9.47 Å². The minimum absolute atomic E-state index is 0.500. The van der Waals surface area contributed by atoms with Gasteiger partial charge in [0.05, 0.1) is 24.7 Å². The van der Waals surface area contributed by atoms with Crippen molar-refractivity contribution in [2.24, 2.45) is 12.0 Å². The average Bonchev–Trinajstić information content (AvgIpc) is 3.05. The summed E-state index contributed by atoms with van der Waals surface area (Å²) in [5.74, 6) is 3.29. The maximum Gasteiger partial charge on any atom is 0.191 e. The Morgan fingerprint density at radius 3 is 2.54 bits per heavy atom. The smallest absolute Gasteiger partial charge is 0.191 e. The maximum absolute atomic E-state index is 5.74. The van der Waals surface area contributed by atoms with Crippen LogP contribution < -0.4 is 20.1 Å². The molecule has 3 rings (SSSR count). The Hall–Kier alpha value is -3.22. The topological polar surface area (TPSA) is 72.7 Å². The summed E-state index contributed by atoms with van der Waals surface area (Å²) < 4.78 is 13.0. The number of rotatable bonds is 8. The summed E-state index contributed by atoms with van der Waals surface area (Å²) in [5.41, 5.74) is 2.10. The fraction of sp³-hybridized carbons (Fsp3) is 0.333. The number of methoxy groups -OCH3 is 1. The van der Waals surface area contributed by atoms with Gasteiger partial charge in [-0.05, 0) is 43.3 Å². The van der Waals surface area contributed by atoms with Crippen LogP contribution in [0.1, 0.15) is 12.7 Å². The molecule has 0 aliphatic carbocycles. The van der Waals surface area contributed by atoms with E-state index in [4.69, 9.17) is 9.47 Å². The van der Waals surface area contributed by atoms with E-state index in [9.17, 15) is 0 Å². The van der Waals surface area contributed by atoms with Gasteiger partial charge in [0.2, 0.25) is 0 Å². The maximum atomic E-state index is 5.74. The van der Waals surface area contributed by atoms with Crippen molar-refractivity contribution >= 4 is 17.0 Å². The van der Waals surface area contributed by atoms with E-state index in [1.807, 2.05) is 56.4 Å². The van der Waals surface area contributed by atoms with E-state index in [1.165, 1.54) is 0 Å². The third-order valence-electron chi connectivity index (χ3n) is 4.33. The van der Waals surface area contributed by atoms with Crippen LogP contribution in [0.5, 0.6) is 11.5 Å². The number of guanidine groups is 1. The van der Waals surface area contributed by atoms with Crippen LogP contribution in [0.15, 0.2) is 53.5 Å². The van der Waals surface area contributed by atoms with Crippen molar-refractivity contribution in [2.75, 3.05) is 26.8 Å². The molecular weight excluding hydrogens is 354 g/mol. The van der Waals surface area contributed by atoms with Gasteiger partial charge < -0.3 is 24.7 Å². The Labute approximate surface area is 165 Å². The monoisotopic (exact) mass is 381 g/mol. The van der Waals surface area contributed by atoms with Gasteiger partial charge in [-0.3, -0.25) is 0 Å². The summed E-state index contributed by atoms with van der Waals surface area (Å²) in [5, 5.41) is 6.54. The van der Waals surface area contributed by atoms with Crippen LogP contribution in [-0.4, -0.2) is 42.3 Å². The fourth-order valence-electron chi connectivity index (χ4n) is 2.84. The number of hydrogen-bond donors (Lipinski definition) is 2. The van der Waals surface area contributed by atoms with Crippen LogP contribution in [-0.2, 0) is 13.6 Å². The molecule has 1 heterocycles. The average molecular weight is 381 g/mol. The van der Waals surface area contributed by atoms with Crippen molar-refractivity contribution in [2.45, 2.75) is 13.5 Å². The third-order valence-corrected chi connectivity index (χ3v) is 4.33. The van der Waals surface area contributed by atoms with Crippen LogP contribution in [0.2, 0.25) is 0 Å². The lowest BCUT2D eigenvalue weighted by atomic mass is 10.3. The van der Waals surface area contributed by atoms with Gasteiger partial charge >= 0.3 is 0 Å². The molecule has 0 fully saturated rings. The number of aromatic nitrogens is 2. The van der Waals surface area contributed by atoms with Crippen molar-refractivity contribution in [3.05, 3.63) is 54.4 Å². The molecule has 148 valence electrons. The van der Waals surface area contributed by atoms with E-state index >= 15 is 0 Å². The predicted molar refractivity (Wildman–Crippen MR) is 112 cm³/mol. The number of hydrogen-bond acceptors (Lipinski definition) is 4. The van der Waals surface area contributed by atoms with Gasteiger partial charge in [-0.15, -0.1) is 0 Å². The molecule has 1 aromatic heterocycles. The minimum Gasteiger partial charge on any atom is -0.497 e. The van der Waals surface area contributed by atoms with Crippen LogP contribution in [0.3, 0.4) is 0 Å². The Balaban J connectivity index is 1.54. The van der Waals surface area contributed by atoms with E-state index in [2.05, 4.69) is 31.2 Å². The summed E-state index contributed by atoms with van der Waals surface area (Å²) >= 11 is 0. The molecule has 28 heavy (non-hydrogen) atoms. The second-order valence-electron chi connectivity index (χ2n) is 6.22. The normalized spacial score (nSPS) is 11.5. The van der Waals surface area contributed by atoms with Crippen molar-refractivity contribution in [1.82, 2.24) is 20.2 Å². The number of nitrogens with zero attached hydrogens (tertiary/aromatic N) is 3. The number of ether oxygens (including phenoxy) is 2. The van der Waals surface area contributed by atoms with Gasteiger partial charge in [-0.25, -0.2) is 9.98 Å². The molecule has 0 aliphatic rings. The van der Waals surface area contributed by atoms with Gasteiger partial charge in [0.1, 0.15) is 30.5 Å². The number of para-hydroxylation sites is 2. The fourth-order valence-corrected chi connectivity index (χ4v) is 2.84. The zero-order valence-corrected chi connectivity index (χ0v) is 16.6. The van der Waals surface area contributed by atoms with E-state index in [0.29, 0.717) is 19.7 Å². The van der Waals surface area contributed by atoms with Crippen LogP contribution >= 0.6 is 0 Å². The lowest BCUT2D eigenvalue weighted by Crippen LogP contribution is -2.39. The summed E-state index contributed by atoms with van der Waals surface area (Å²) in [6.07, 6.45) is 0. The van der Waals surface area contributed by atoms with Crippen LogP contribution in [0.25, 0.3) is 11.0 Å². The molecule has 7 nitrogen and oxygen atoms in total. The SMILES string of the molecule is CCNC(=NCc1nc2ccccc2n1C)NCCOc1ccc(OC)cc1. The number of benzene rings is 2. The molecule has 0 saturated heterocycles. The Morgan fingerprint density at radius 2 is 1.82 bits per heavy atom. The molecule has 0 radical (unpaired) electrons. The largest absolute Gasteiger partial charge is 0.497 e. The highest BCUT2D eigenvalue weighted by atomic mass is 16.5. The molecule has 0 spiro atoms. The van der Waals surface area contributed by atoms with Crippen molar-refractivity contribution in [3.63, 3.8) is 0 Å². The summed E-state index contributed by atoms with van der Waals surface area (Å²) in [6, 6.07) is 15.6. The number of fused-ring (bicyclic) bond motifs is 1. The zero-order chi connectivity index (χ0) is 19.8. The summed E-state index contributed by atoms with van der Waals surface area (Å²) in [4.78, 5) is 9.31. The first kappa shape index (κ1) is 19.5.